The van der Waals surface area contributed by atoms with E-state index in [0.717, 1.165) is 37.1 Å². The molecule has 1 heterocycles. The molecule has 1 unspecified atom stereocenters. The molecular formula is C14H22N2O2S. The average Bonchev–Trinajstić information content (AvgIpc) is 2.41. The number of rotatable bonds is 4. The Balaban J connectivity index is 2.02. The van der Waals surface area contributed by atoms with Gasteiger partial charge in [0, 0.05) is 6.54 Å². The summed E-state index contributed by atoms with van der Waals surface area (Å²) in [6.45, 7) is 6.37. The largest absolute Gasteiger partial charge is 0.316 e. The van der Waals surface area contributed by atoms with Crippen LogP contribution in [0.2, 0.25) is 0 Å². The smallest absolute Gasteiger partial charge is 0.240 e. The fourth-order valence-electron chi connectivity index (χ4n) is 2.29. The number of nitrogens with one attached hydrogen (secondary N) is 2. The van der Waals surface area contributed by atoms with Gasteiger partial charge in [-0.2, -0.15) is 0 Å². The van der Waals surface area contributed by atoms with Crippen molar-refractivity contribution in [3.63, 3.8) is 0 Å². The van der Waals surface area contributed by atoms with Gasteiger partial charge in [0.2, 0.25) is 10.0 Å². The molecule has 106 valence electrons. The van der Waals surface area contributed by atoms with Crippen LogP contribution in [0, 0.1) is 19.8 Å². The van der Waals surface area contributed by atoms with Crippen molar-refractivity contribution in [2.45, 2.75) is 31.6 Å². The molecule has 2 N–H and O–H groups in total. The third-order valence-electron chi connectivity index (χ3n) is 3.75. The van der Waals surface area contributed by atoms with E-state index in [4.69, 9.17) is 0 Å². The van der Waals surface area contributed by atoms with Gasteiger partial charge in [-0.15, -0.1) is 0 Å². The van der Waals surface area contributed by atoms with Gasteiger partial charge in [-0.3, -0.25) is 0 Å². The summed E-state index contributed by atoms with van der Waals surface area (Å²) in [4.78, 5) is 0.361. The highest BCUT2D eigenvalue weighted by Crippen LogP contribution is 2.15. The maximum absolute atomic E-state index is 12.2. The summed E-state index contributed by atoms with van der Waals surface area (Å²) in [5, 5.41) is 3.29. The molecule has 0 amide bonds. The van der Waals surface area contributed by atoms with E-state index in [1.807, 2.05) is 19.9 Å². The number of piperidine rings is 1. The lowest BCUT2D eigenvalue weighted by atomic mass is 10.0. The van der Waals surface area contributed by atoms with Gasteiger partial charge >= 0.3 is 0 Å². The highest BCUT2D eigenvalue weighted by Gasteiger charge is 2.18. The van der Waals surface area contributed by atoms with E-state index in [-0.39, 0.29) is 0 Å². The average molecular weight is 282 g/mol. The van der Waals surface area contributed by atoms with Gasteiger partial charge in [-0.05, 0) is 69.0 Å². The molecule has 19 heavy (non-hydrogen) atoms. The van der Waals surface area contributed by atoms with E-state index in [2.05, 4.69) is 10.0 Å². The maximum atomic E-state index is 12.2. The molecule has 1 fully saturated rings. The third-order valence-corrected chi connectivity index (χ3v) is 5.17. The molecule has 1 aliphatic rings. The summed E-state index contributed by atoms with van der Waals surface area (Å²) in [5.41, 5.74) is 2.11. The van der Waals surface area contributed by atoms with E-state index < -0.39 is 10.0 Å². The minimum absolute atomic E-state index is 0.361. The maximum Gasteiger partial charge on any atom is 0.240 e. The van der Waals surface area contributed by atoms with Crippen LogP contribution >= 0.6 is 0 Å². The molecule has 0 saturated carbocycles. The molecule has 0 bridgehead atoms. The Labute approximate surface area is 115 Å². The van der Waals surface area contributed by atoms with Crippen molar-refractivity contribution < 1.29 is 8.42 Å². The minimum atomic E-state index is -3.38. The van der Waals surface area contributed by atoms with Crippen molar-refractivity contribution in [1.29, 1.82) is 0 Å². The van der Waals surface area contributed by atoms with Gasteiger partial charge < -0.3 is 5.32 Å². The molecule has 5 heteroatoms. The summed E-state index contributed by atoms with van der Waals surface area (Å²) in [6, 6.07) is 5.26. The van der Waals surface area contributed by atoms with Gasteiger partial charge in [0.1, 0.15) is 0 Å². The van der Waals surface area contributed by atoms with Crippen molar-refractivity contribution in [2.24, 2.45) is 5.92 Å². The number of hydrogen-bond acceptors (Lipinski definition) is 3. The van der Waals surface area contributed by atoms with E-state index in [9.17, 15) is 8.42 Å². The van der Waals surface area contributed by atoms with Crippen molar-refractivity contribution >= 4 is 10.0 Å². The first-order valence-corrected chi connectivity index (χ1v) is 8.25. The van der Waals surface area contributed by atoms with Gasteiger partial charge in [-0.25, -0.2) is 13.1 Å². The molecule has 1 aromatic carbocycles. The van der Waals surface area contributed by atoms with Crippen LogP contribution in [0.4, 0.5) is 0 Å². The van der Waals surface area contributed by atoms with Crippen LogP contribution in [0.5, 0.6) is 0 Å². The number of hydrogen-bond donors (Lipinski definition) is 2. The first-order valence-electron chi connectivity index (χ1n) is 6.77. The zero-order valence-corrected chi connectivity index (χ0v) is 12.4. The van der Waals surface area contributed by atoms with E-state index in [1.165, 1.54) is 0 Å². The lowest BCUT2D eigenvalue weighted by Crippen LogP contribution is -2.38. The first kappa shape index (κ1) is 14.5. The quantitative estimate of drug-likeness (QED) is 0.881. The Kier molecular flexibility index (Phi) is 4.60. The molecule has 0 spiro atoms. The number of aryl methyl sites for hydroxylation is 2. The molecule has 2 rings (SSSR count). The van der Waals surface area contributed by atoms with Crippen LogP contribution in [0.3, 0.4) is 0 Å². The van der Waals surface area contributed by atoms with Gasteiger partial charge in [0.25, 0.3) is 0 Å². The van der Waals surface area contributed by atoms with Crippen LogP contribution in [0.15, 0.2) is 23.1 Å². The monoisotopic (exact) mass is 282 g/mol. The molecule has 1 aromatic rings. The molecular weight excluding hydrogens is 260 g/mol. The lowest BCUT2D eigenvalue weighted by Gasteiger charge is -2.22. The summed E-state index contributed by atoms with van der Waals surface area (Å²) >= 11 is 0. The summed E-state index contributed by atoms with van der Waals surface area (Å²) in [7, 11) is -3.38. The summed E-state index contributed by atoms with van der Waals surface area (Å²) in [5.74, 6) is 0.398. The summed E-state index contributed by atoms with van der Waals surface area (Å²) < 4.78 is 27.1. The standard InChI is InChI=1S/C14H22N2O2S/c1-11-5-6-14(8-12(11)2)19(17,18)16-10-13-4-3-7-15-9-13/h5-6,8,13,15-16H,3-4,7,9-10H2,1-2H3. The highest BCUT2D eigenvalue weighted by atomic mass is 32.2. The number of benzene rings is 1. The topological polar surface area (TPSA) is 58.2 Å². The summed E-state index contributed by atoms with van der Waals surface area (Å²) in [6.07, 6.45) is 2.21. The SMILES string of the molecule is Cc1ccc(S(=O)(=O)NCC2CCCNC2)cc1C. The normalized spacial score (nSPS) is 20.4. The minimum Gasteiger partial charge on any atom is -0.316 e. The first-order chi connectivity index (χ1) is 8.99. The van der Waals surface area contributed by atoms with Gasteiger partial charge in [0.15, 0.2) is 0 Å². The van der Waals surface area contributed by atoms with E-state index in [1.54, 1.807) is 12.1 Å². The second-order valence-corrected chi connectivity index (χ2v) is 7.08. The fraction of sp³-hybridized carbons (Fsp3) is 0.571. The van der Waals surface area contributed by atoms with Crippen LogP contribution in [-0.4, -0.2) is 28.1 Å². The zero-order valence-electron chi connectivity index (χ0n) is 11.6. The van der Waals surface area contributed by atoms with Crippen LogP contribution in [0.1, 0.15) is 24.0 Å². The van der Waals surface area contributed by atoms with Crippen LogP contribution in [-0.2, 0) is 10.0 Å². The highest BCUT2D eigenvalue weighted by molar-refractivity contribution is 7.89. The Morgan fingerprint density at radius 3 is 2.74 bits per heavy atom. The number of sulfonamides is 1. The van der Waals surface area contributed by atoms with Gasteiger partial charge in [0.05, 0.1) is 4.90 Å². The Hall–Kier alpha value is -0.910. The second-order valence-electron chi connectivity index (χ2n) is 5.31. The van der Waals surface area contributed by atoms with Crippen LogP contribution in [0.25, 0.3) is 0 Å². The Morgan fingerprint density at radius 1 is 1.32 bits per heavy atom. The van der Waals surface area contributed by atoms with E-state index >= 15 is 0 Å². The molecule has 0 aromatic heterocycles. The van der Waals surface area contributed by atoms with Crippen molar-refractivity contribution in [3.8, 4) is 0 Å². The molecule has 1 saturated heterocycles. The fourth-order valence-corrected chi connectivity index (χ4v) is 3.49. The molecule has 4 nitrogen and oxygen atoms in total. The van der Waals surface area contributed by atoms with Crippen molar-refractivity contribution in [2.75, 3.05) is 19.6 Å². The van der Waals surface area contributed by atoms with Crippen LogP contribution < -0.4 is 10.0 Å². The predicted octanol–water partition coefficient (Wildman–Crippen LogP) is 1.58. The Bertz CT molecular complexity index is 534. The molecule has 1 atom stereocenters. The second kappa shape index (κ2) is 6.03. The van der Waals surface area contributed by atoms with Crippen molar-refractivity contribution in [3.05, 3.63) is 29.3 Å². The Morgan fingerprint density at radius 2 is 2.11 bits per heavy atom. The zero-order chi connectivity index (χ0) is 13.9. The third kappa shape index (κ3) is 3.78. The van der Waals surface area contributed by atoms with Crippen molar-refractivity contribution in [1.82, 2.24) is 10.0 Å². The van der Waals surface area contributed by atoms with E-state index in [0.29, 0.717) is 17.4 Å². The predicted molar refractivity (Wildman–Crippen MR) is 76.7 cm³/mol. The van der Waals surface area contributed by atoms with Gasteiger partial charge in [-0.1, -0.05) is 6.07 Å². The molecule has 0 radical (unpaired) electrons. The molecule has 1 aliphatic heterocycles. The molecule has 0 aliphatic carbocycles. The lowest BCUT2D eigenvalue weighted by molar-refractivity contribution is 0.376.